The summed E-state index contributed by atoms with van der Waals surface area (Å²) in [5.41, 5.74) is 5.38. The molecule has 0 saturated heterocycles. The lowest BCUT2D eigenvalue weighted by Gasteiger charge is -1.94. The van der Waals surface area contributed by atoms with Gasteiger partial charge in [0, 0.05) is 12.4 Å². The van der Waals surface area contributed by atoms with E-state index >= 15 is 0 Å². The van der Waals surface area contributed by atoms with Crippen LogP contribution in [0.4, 0.5) is 5.95 Å². The van der Waals surface area contributed by atoms with E-state index in [9.17, 15) is 4.79 Å². The maximum Gasteiger partial charge on any atom is 0.280 e. The lowest BCUT2D eigenvalue weighted by molar-refractivity contribution is 1.12. The van der Waals surface area contributed by atoms with E-state index in [2.05, 4.69) is 19.9 Å². The van der Waals surface area contributed by atoms with Gasteiger partial charge in [-0.15, -0.1) is 0 Å². The van der Waals surface area contributed by atoms with E-state index in [0.29, 0.717) is 0 Å². The van der Waals surface area contributed by atoms with Crippen LogP contribution in [0.2, 0.25) is 0 Å². The third-order valence-corrected chi connectivity index (χ3v) is 1.36. The predicted molar refractivity (Wildman–Crippen MR) is 49.1 cm³/mol. The maximum absolute atomic E-state index is 11.1. The summed E-state index contributed by atoms with van der Waals surface area (Å²) in [5.74, 6) is 0.0491. The highest BCUT2D eigenvalue weighted by molar-refractivity contribution is 5.68. The number of fused-ring (bicyclic) bond motifs is 1. The minimum absolute atomic E-state index is 0. The molecule has 0 fully saturated rings. The molecule has 13 heavy (non-hydrogen) atoms. The number of nitrogens with two attached hydrogens (primary N) is 1. The lowest BCUT2D eigenvalue weighted by atomic mass is 10.5. The zero-order chi connectivity index (χ0) is 8.55. The zero-order valence-corrected chi connectivity index (χ0v) is 5.98. The van der Waals surface area contributed by atoms with Crippen molar-refractivity contribution in [2.24, 2.45) is 0 Å². The van der Waals surface area contributed by atoms with Crippen molar-refractivity contribution in [3.63, 3.8) is 0 Å². The third-order valence-electron chi connectivity index (χ3n) is 1.36. The van der Waals surface area contributed by atoms with Crippen LogP contribution < -0.4 is 11.3 Å². The fourth-order valence-corrected chi connectivity index (χ4v) is 0.890. The van der Waals surface area contributed by atoms with E-state index in [4.69, 9.17) is 5.73 Å². The van der Waals surface area contributed by atoms with E-state index in [1.165, 1.54) is 12.4 Å². The van der Waals surface area contributed by atoms with Crippen molar-refractivity contribution in [2.75, 3.05) is 5.73 Å². The van der Waals surface area contributed by atoms with Crippen molar-refractivity contribution >= 4 is 17.1 Å². The number of nitrogen functional groups attached to an aromatic ring is 1. The topological polar surface area (TPSA) is 97.5 Å². The molecule has 2 aromatic rings. The lowest BCUT2D eigenvalue weighted by Crippen LogP contribution is -2.12. The van der Waals surface area contributed by atoms with Gasteiger partial charge in [-0.2, -0.15) is 4.98 Å². The van der Waals surface area contributed by atoms with Crippen LogP contribution in [0.3, 0.4) is 0 Å². The van der Waals surface area contributed by atoms with E-state index in [1.807, 2.05) is 0 Å². The summed E-state index contributed by atoms with van der Waals surface area (Å²) in [6, 6.07) is 0. The van der Waals surface area contributed by atoms with Crippen LogP contribution >= 0.6 is 0 Å². The smallest absolute Gasteiger partial charge is 0.280 e. The van der Waals surface area contributed by atoms with Crippen LogP contribution in [0.5, 0.6) is 0 Å². The molecule has 0 radical (unpaired) electrons. The van der Waals surface area contributed by atoms with Crippen LogP contribution in [0.1, 0.15) is 7.43 Å². The SMILES string of the molecule is C.Nc1nc2nccnc2c(=O)[nH]1. The van der Waals surface area contributed by atoms with Crippen molar-refractivity contribution in [1.82, 2.24) is 19.9 Å². The average Bonchev–Trinajstić information content (AvgIpc) is 2.04. The summed E-state index contributed by atoms with van der Waals surface area (Å²) in [6.45, 7) is 0. The summed E-state index contributed by atoms with van der Waals surface area (Å²) < 4.78 is 0. The second-order valence-corrected chi connectivity index (χ2v) is 2.18. The highest BCUT2D eigenvalue weighted by atomic mass is 16.1. The Hall–Kier alpha value is -1.98. The van der Waals surface area contributed by atoms with Crippen molar-refractivity contribution < 1.29 is 0 Å². The normalized spacial score (nSPS) is 9.54. The Balaban J connectivity index is 0.000000845. The average molecular weight is 179 g/mol. The number of nitrogens with zero attached hydrogens (tertiary/aromatic N) is 3. The molecule has 6 heteroatoms. The Morgan fingerprint density at radius 2 is 2.00 bits per heavy atom. The molecule has 2 rings (SSSR count). The molecule has 0 unspecified atom stereocenters. The van der Waals surface area contributed by atoms with E-state index < -0.39 is 0 Å². The number of aromatic nitrogens is 4. The first kappa shape index (κ1) is 9.11. The molecular formula is C7H9N5O. The molecule has 0 aliphatic rings. The molecule has 0 spiro atoms. The van der Waals surface area contributed by atoms with Gasteiger partial charge >= 0.3 is 0 Å². The molecule has 0 saturated carbocycles. The van der Waals surface area contributed by atoms with Gasteiger partial charge in [0.2, 0.25) is 5.95 Å². The van der Waals surface area contributed by atoms with Gasteiger partial charge in [-0.05, 0) is 0 Å². The van der Waals surface area contributed by atoms with Gasteiger partial charge in [-0.25, -0.2) is 9.97 Å². The Morgan fingerprint density at radius 1 is 1.31 bits per heavy atom. The number of aromatic amines is 1. The summed E-state index contributed by atoms with van der Waals surface area (Å²) >= 11 is 0. The molecule has 6 nitrogen and oxygen atoms in total. The number of hydrogen-bond donors (Lipinski definition) is 2. The van der Waals surface area contributed by atoms with Crippen LogP contribution in [0.15, 0.2) is 17.2 Å². The Labute approximate surface area is 73.9 Å². The minimum atomic E-state index is -0.370. The summed E-state index contributed by atoms with van der Waals surface area (Å²) in [5, 5.41) is 0. The van der Waals surface area contributed by atoms with Crippen LogP contribution in [-0.4, -0.2) is 19.9 Å². The fraction of sp³-hybridized carbons (Fsp3) is 0.143. The third kappa shape index (κ3) is 1.46. The zero-order valence-electron chi connectivity index (χ0n) is 5.98. The number of H-pyrrole nitrogens is 1. The molecular weight excluding hydrogens is 170 g/mol. The second kappa shape index (κ2) is 3.18. The number of rotatable bonds is 0. The molecule has 3 N–H and O–H groups in total. The first-order valence-electron chi connectivity index (χ1n) is 3.24. The molecule has 68 valence electrons. The van der Waals surface area contributed by atoms with Crippen molar-refractivity contribution in [3.05, 3.63) is 22.7 Å². The van der Waals surface area contributed by atoms with Gasteiger partial charge in [0.15, 0.2) is 11.2 Å². The predicted octanol–water partition coefficient (Wildman–Crippen LogP) is -0.0686. The van der Waals surface area contributed by atoms with Crippen molar-refractivity contribution in [2.45, 2.75) is 7.43 Å². The standard InChI is InChI=1S/C6H5N5O.CH4/c7-6-10-4-3(5(12)11-6)8-1-2-9-4;/h1-2H,(H3,7,9,10,11,12);1H4. The van der Waals surface area contributed by atoms with Gasteiger partial charge in [0.05, 0.1) is 0 Å². The summed E-state index contributed by atoms with van der Waals surface area (Å²) in [4.78, 5) is 24.9. The van der Waals surface area contributed by atoms with E-state index in [0.717, 1.165) is 0 Å². The summed E-state index contributed by atoms with van der Waals surface area (Å²) in [7, 11) is 0. The van der Waals surface area contributed by atoms with E-state index in [1.54, 1.807) is 0 Å². The molecule has 0 atom stereocenters. The molecule has 0 aromatic carbocycles. The van der Waals surface area contributed by atoms with Crippen LogP contribution in [0, 0.1) is 0 Å². The molecule has 2 heterocycles. The summed E-state index contributed by atoms with van der Waals surface area (Å²) in [6.07, 6.45) is 2.88. The molecule has 0 aliphatic carbocycles. The highest BCUT2D eigenvalue weighted by Gasteiger charge is 2.01. The van der Waals surface area contributed by atoms with Gasteiger partial charge in [0.1, 0.15) is 0 Å². The van der Waals surface area contributed by atoms with Crippen LogP contribution in [-0.2, 0) is 0 Å². The largest absolute Gasteiger partial charge is 0.369 e. The van der Waals surface area contributed by atoms with Gasteiger partial charge in [-0.1, -0.05) is 7.43 Å². The minimum Gasteiger partial charge on any atom is -0.369 e. The number of anilines is 1. The highest BCUT2D eigenvalue weighted by Crippen LogP contribution is 1.97. The first-order valence-corrected chi connectivity index (χ1v) is 3.24. The Bertz CT molecular complexity index is 478. The van der Waals surface area contributed by atoms with E-state index in [-0.39, 0.29) is 30.1 Å². The van der Waals surface area contributed by atoms with Crippen molar-refractivity contribution in [1.29, 1.82) is 0 Å². The second-order valence-electron chi connectivity index (χ2n) is 2.18. The van der Waals surface area contributed by atoms with Crippen LogP contribution in [0.25, 0.3) is 11.2 Å². The first-order chi connectivity index (χ1) is 5.77. The maximum atomic E-state index is 11.1. The Morgan fingerprint density at radius 3 is 2.77 bits per heavy atom. The fourth-order valence-electron chi connectivity index (χ4n) is 0.890. The van der Waals surface area contributed by atoms with Gasteiger partial charge in [0.25, 0.3) is 5.56 Å². The molecule has 2 aromatic heterocycles. The van der Waals surface area contributed by atoms with Gasteiger partial charge < -0.3 is 5.73 Å². The quantitative estimate of drug-likeness (QED) is 0.590. The van der Waals surface area contributed by atoms with Crippen molar-refractivity contribution in [3.8, 4) is 0 Å². The number of hydrogen-bond acceptors (Lipinski definition) is 5. The monoisotopic (exact) mass is 179 g/mol. The number of nitrogens with one attached hydrogen (secondary N) is 1. The molecule has 0 aliphatic heterocycles. The van der Waals surface area contributed by atoms with Gasteiger partial charge in [-0.3, -0.25) is 9.78 Å². The molecule has 0 amide bonds. The molecule has 0 bridgehead atoms. The Kier molecular flexibility index (Phi) is 2.23.